The average Bonchev–Trinajstić information content (AvgIpc) is 2.91. The lowest BCUT2D eigenvalue weighted by atomic mass is 9.97. The highest BCUT2D eigenvalue weighted by atomic mass is 35.5. The van der Waals surface area contributed by atoms with Crippen LogP contribution in [0.2, 0.25) is 0 Å². The van der Waals surface area contributed by atoms with Gasteiger partial charge in [-0.05, 0) is 56.1 Å². The zero-order chi connectivity index (χ0) is 14.8. The zero-order valence-corrected chi connectivity index (χ0v) is 13.5. The lowest BCUT2D eigenvalue weighted by Crippen LogP contribution is -2.34. The molecule has 0 unspecified atom stereocenters. The Bertz CT molecular complexity index is 571. The fourth-order valence-electron chi connectivity index (χ4n) is 3.14. The third-order valence-corrected chi connectivity index (χ3v) is 4.33. The first kappa shape index (κ1) is 16.8. The minimum Gasteiger partial charge on any atom is -0.326 e. The summed E-state index contributed by atoms with van der Waals surface area (Å²) in [5, 5.41) is 6.28. The van der Waals surface area contributed by atoms with E-state index in [2.05, 4.69) is 10.6 Å². The summed E-state index contributed by atoms with van der Waals surface area (Å²) in [4.78, 5) is 25.6. The van der Waals surface area contributed by atoms with E-state index in [4.69, 9.17) is 0 Å². The second-order valence-electron chi connectivity index (χ2n) is 5.78. The Balaban J connectivity index is 0.00000176. The van der Waals surface area contributed by atoms with Crippen molar-refractivity contribution < 1.29 is 9.59 Å². The SMILES string of the molecule is CC(=O)N1CCc2cc(NC(=O)C3CCNCC3)ccc21.Cl. The van der Waals surface area contributed by atoms with Crippen LogP contribution in [-0.2, 0) is 16.0 Å². The second-order valence-corrected chi connectivity index (χ2v) is 5.78. The predicted molar refractivity (Wildman–Crippen MR) is 89.6 cm³/mol. The van der Waals surface area contributed by atoms with Gasteiger partial charge in [-0.15, -0.1) is 12.4 Å². The van der Waals surface area contributed by atoms with E-state index in [1.165, 1.54) is 0 Å². The molecule has 6 heteroatoms. The molecule has 5 nitrogen and oxygen atoms in total. The number of benzene rings is 1. The van der Waals surface area contributed by atoms with Gasteiger partial charge in [0.2, 0.25) is 11.8 Å². The molecular formula is C16H22ClN3O2. The molecule has 2 amide bonds. The molecular weight excluding hydrogens is 302 g/mol. The van der Waals surface area contributed by atoms with Crippen molar-refractivity contribution in [3.63, 3.8) is 0 Å². The van der Waals surface area contributed by atoms with Gasteiger partial charge in [-0.3, -0.25) is 9.59 Å². The van der Waals surface area contributed by atoms with E-state index < -0.39 is 0 Å². The number of hydrogen-bond donors (Lipinski definition) is 2. The van der Waals surface area contributed by atoms with Crippen molar-refractivity contribution in [2.45, 2.75) is 26.2 Å². The minimum absolute atomic E-state index is 0. The number of carbonyl (C=O) groups is 2. The number of hydrogen-bond acceptors (Lipinski definition) is 3. The monoisotopic (exact) mass is 323 g/mol. The molecule has 0 bridgehead atoms. The number of amides is 2. The number of rotatable bonds is 2. The molecule has 3 rings (SSSR count). The van der Waals surface area contributed by atoms with Gasteiger partial charge in [-0.1, -0.05) is 0 Å². The number of carbonyl (C=O) groups excluding carboxylic acids is 2. The van der Waals surface area contributed by atoms with Crippen molar-refractivity contribution in [1.82, 2.24) is 5.32 Å². The molecule has 1 aromatic carbocycles. The van der Waals surface area contributed by atoms with E-state index in [0.717, 1.165) is 55.8 Å². The Morgan fingerprint density at radius 3 is 2.68 bits per heavy atom. The molecule has 1 saturated heterocycles. The summed E-state index contributed by atoms with van der Waals surface area (Å²) in [5.41, 5.74) is 2.94. The fraction of sp³-hybridized carbons (Fsp3) is 0.500. The fourth-order valence-corrected chi connectivity index (χ4v) is 3.14. The highest BCUT2D eigenvalue weighted by Crippen LogP contribution is 2.30. The zero-order valence-electron chi connectivity index (χ0n) is 12.7. The number of fused-ring (bicyclic) bond motifs is 1. The second kappa shape index (κ2) is 7.11. The molecule has 2 aliphatic heterocycles. The molecule has 0 radical (unpaired) electrons. The van der Waals surface area contributed by atoms with Gasteiger partial charge in [0.1, 0.15) is 0 Å². The largest absolute Gasteiger partial charge is 0.326 e. The Morgan fingerprint density at radius 1 is 1.27 bits per heavy atom. The summed E-state index contributed by atoms with van der Waals surface area (Å²) >= 11 is 0. The van der Waals surface area contributed by atoms with Crippen LogP contribution in [0.5, 0.6) is 0 Å². The van der Waals surface area contributed by atoms with E-state index in [-0.39, 0.29) is 30.1 Å². The number of nitrogens with zero attached hydrogens (tertiary/aromatic N) is 1. The number of halogens is 1. The van der Waals surface area contributed by atoms with Crippen molar-refractivity contribution >= 4 is 35.6 Å². The standard InChI is InChI=1S/C16H21N3O2.ClH/c1-11(20)19-9-6-13-10-14(2-3-15(13)19)18-16(21)12-4-7-17-8-5-12;/h2-3,10,12,17H,4-9H2,1H3,(H,18,21);1H. The molecule has 2 N–H and O–H groups in total. The summed E-state index contributed by atoms with van der Waals surface area (Å²) in [7, 11) is 0. The lowest BCUT2D eigenvalue weighted by molar-refractivity contribution is -0.120. The molecule has 0 saturated carbocycles. The summed E-state index contributed by atoms with van der Waals surface area (Å²) in [6, 6.07) is 5.82. The maximum atomic E-state index is 12.2. The summed E-state index contributed by atoms with van der Waals surface area (Å²) < 4.78 is 0. The average molecular weight is 324 g/mol. The maximum absolute atomic E-state index is 12.2. The molecule has 1 fully saturated rings. The predicted octanol–water partition coefficient (Wildman–Crippen LogP) is 1.96. The molecule has 0 aromatic heterocycles. The van der Waals surface area contributed by atoms with Crippen LogP contribution in [0.25, 0.3) is 0 Å². The third-order valence-electron chi connectivity index (χ3n) is 4.33. The van der Waals surface area contributed by atoms with Gasteiger partial charge < -0.3 is 15.5 Å². The van der Waals surface area contributed by atoms with Crippen molar-refractivity contribution in [2.24, 2.45) is 5.92 Å². The van der Waals surface area contributed by atoms with Gasteiger partial charge in [-0.2, -0.15) is 0 Å². The molecule has 0 spiro atoms. The number of piperidine rings is 1. The van der Waals surface area contributed by atoms with E-state index >= 15 is 0 Å². The topological polar surface area (TPSA) is 61.4 Å². The van der Waals surface area contributed by atoms with Crippen molar-refractivity contribution in [2.75, 3.05) is 29.9 Å². The smallest absolute Gasteiger partial charge is 0.227 e. The summed E-state index contributed by atoms with van der Waals surface area (Å²) in [6.07, 6.45) is 2.65. The molecule has 2 heterocycles. The highest BCUT2D eigenvalue weighted by Gasteiger charge is 2.24. The van der Waals surface area contributed by atoms with Gasteiger partial charge in [-0.25, -0.2) is 0 Å². The van der Waals surface area contributed by atoms with Crippen molar-refractivity contribution in [3.05, 3.63) is 23.8 Å². The van der Waals surface area contributed by atoms with Crippen LogP contribution in [0.4, 0.5) is 11.4 Å². The van der Waals surface area contributed by atoms with Crippen LogP contribution in [0.1, 0.15) is 25.3 Å². The highest BCUT2D eigenvalue weighted by molar-refractivity contribution is 5.96. The first-order valence-corrected chi connectivity index (χ1v) is 7.58. The van der Waals surface area contributed by atoms with Gasteiger partial charge in [0.25, 0.3) is 0 Å². The molecule has 120 valence electrons. The van der Waals surface area contributed by atoms with Crippen molar-refractivity contribution in [1.29, 1.82) is 0 Å². The number of nitrogens with one attached hydrogen (secondary N) is 2. The third kappa shape index (κ3) is 3.42. The van der Waals surface area contributed by atoms with Crippen LogP contribution in [0.3, 0.4) is 0 Å². The van der Waals surface area contributed by atoms with Gasteiger partial charge >= 0.3 is 0 Å². The van der Waals surface area contributed by atoms with Gasteiger partial charge in [0, 0.05) is 30.8 Å². The number of anilines is 2. The van der Waals surface area contributed by atoms with Crippen LogP contribution in [0.15, 0.2) is 18.2 Å². The normalized spacial score (nSPS) is 17.6. The van der Waals surface area contributed by atoms with E-state index in [0.29, 0.717) is 0 Å². The van der Waals surface area contributed by atoms with E-state index in [9.17, 15) is 9.59 Å². The van der Waals surface area contributed by atoms with Crippen LogP contribution >= 0.6 is 12.4 Å². The summed E-state index contributed by atoms with van der Waals surface area (Å²) in [6.45, 7) is 4.14. The van der Waals surface area contributed by atoms with E-state index in [1.54, 1.807) is 11.8 Å². The molecule has 2 aliphatic rings. The first-order valence-electron chi connectivity index (χ1n) is 7.58. The minimum atomic E-state index is 0. The molecule has 0 aliphatic carbocycles. The van der Waals surface area contributed by atoms with E-state index in [1.807, 2.05) is 18.2 Å². The Morgan fingerprint density at radius 2 is 2.00 bits per heavy atom. The molecule has 1 aromatic rings. The molecule has 0 atom stereocenters. The van der Waals surface area contributed by atoms with Gasteiger partial charge in [0.05, 0.1) is 0 Å². The summed E-state index contributed by atoms with van der Waals surface area (Å²) in [5.74, 6) is 0.284. The Labute approximate surface area is 136 Å². The first-order chi connectivity index (χ1) is 10.1. The van der Waals surface area contributed by atoms with Crippen LogP contribution in [-0.4, -0.2) is 31.4 Å². The van der Waals surface area contributed by atoms with Crippen LogP contribution < -0.4 is 15.5 Å². The Hall–Kier alpha value is -1.59. The van der Waals surface area contributed by atoms with Gasteiger partial charge in [0.15, 0.2) is 0 Å². The quantitative estimate of drug-likeness (QED) is 0.874. The maximum Gasteiger partial charge on any atom is 0.227 e. The Kier molecular flexibility index (Phi) is 5.42. The lowest BCUT2D eigenvalue weighted by Gasteiger charge is -2.22. The van der Waals surface area contributed by atoms with Crippen molar-refractivity contribution in [3.8, 4) is 0 Å². The molecule has 22 heavy (non-hydrogen) atoms. The van der Waals surface area contributed by atoms with Crippen LogP contribution in [0, 0.1) is 5.92 Å².